The summed E-state index contributed by atoms with van der Waals surface area (Å²) < 4.78 is 10.9. The molecule has 2 aromatic heterocycles. The van der Waals surface area contributed by atoms with Gasteiger partial charge in [0.2, 0.25) is 0 Å². The Bertz CT molecular complexity index is 1270. The van der Waals surface area contributed by atoms with Crippen molar-refractivity contribution in [2.75, 3.05) is 5.32 Å². The van der Waals surface area contributed by atoms with Gasteiger partial charge in [0, 0.05) is 17.1 Å². The molecule has 2 aromatic carbocycles. The molecule has 1 amide bonds. The summed E-state index contributed by atoms with van der Waals surface area (Å²) in [6.45, 7) is 1.47. The number of aromatic nitrogens is 1. The third-order valence-electron chi connectivity index (χ3n) is 4.60. The normalized spacial score (nSPS) is 12.1. The zero-order chi connectivity index (χ0) is 21.3. The smallest absolute Gasteiger partial charge is 0.311 e. The van der Waals surface area contributed by atoms with E-state index in [0.717, 1.165) is 16.2 Å². The van der Waals surface area contributed by atoms with Crippen molar-refractivity contribution >= 4 is 62.6 Å². The molecule has 0 aliphatic rings. The number of rotatable bonds is 5. The van der Waals surface area contributed by atoms with Crippen LogP contribution >= 0.6 is 23.2 Å². The summed E-state index contributed by atoms with van der Waals surface area (Å²) in [5, 5.41) is 5.94. The lowest BCUT2D eigenvalue weighted by Crippen LogP contribution is -2.30. The highest BCUT2D eigenvalue weighted by atomic mass is 35.5. The molecule has 0 aliphatic carbocycles. The minimum atomic E-state index is -1.04. The van der Waals surface area contributed by atoms with Crippen LogP contribution in [0, 0.1) is 0 Å². The molecule has 0 unspecified atom stereocenters. The predicted octanol–water partition coefficient (Wildman–Crippen LogP) is 5.40. The number of amides is 1. The van der Waals surface area contributed by atoms with Gasteiger partial charge in [0.05, 0.1) is 22.7 Å². The lowest BCUT2D eigenvalue weighted by Gasteiger charge is -2.13. The molecule has 0 aliphatic heterocycles. The third-order valence-corrected chi connectivity index (χ3v) is 5.10. The quantitative estimate of drug-likeness (QED) is 0.418. The lowest BCUT2D eigenvalue weighted by molar-refractivity contribution is -0.152. The van der Waals surface area contributed by atoms with Gasteiger partial charge in [-0.25, -0.2) is 4.98 Å². The number of nitrogens with zero attached hydrogens (tertiary/aromatic N) is 1. The highest BCUT2D eigenvalue weighted by molar-refractivity contribution is 6.36. The van der Waals surface area contributed by atoms with E-state index in [1.54, 1.807) is 6.26 Å². The maximum absolute atomic E-state index is 12.5. The molecule has 0 fully saturated rings. The van der Waals surface area contributed by atoms with Gasteiger partial charge in [-0.3, -0.25) is 9.59 Å². The summed E-state index contributed by atoms with van der Waals surface area (Å²) >= 11 is 11.8. The molecule has 2 heterocycles. The van der Waals surface area contributed by atoms with E-state index >= 15 is 0 Å². The second-order valence-corrected chi connectivity index (χ2v) is 7.55. The van der Waals surface area contributed by atoms with Crippen LogP contribution in [0.15, 0.2) is 59.3 Å². The molecular formula is C22H16Cl2N2O4. The first-order chi connectivity index (χ1) is 14.4. The van der Waals surface area contributed by atoms with E-state index in [2.05, 4.69) is 10.3 Å². The minimum absolute atomic E-state index is 0.0292. The highest BCUT2D eigenvalue weighted by Crippen LogP contribution is 2.30. The average molecular weight is 443 g/mol. The summed E-state index contributed by atoms with van der Waals surface area (Å²) in [7, 11) is 0. The van der Waals surface area contributed by atoms with Crippen molar-refractivity contribution in [3.63, 3.8) is 0 Å². The van der Waals surface area contributed by atoms with Crippen LogP contribution in [0.5, 0.6) is 0 Å². The van der Waals surface area contributed by atoms with Gasteiger partial charge >= 0.3 is 5.97 Å². The fraction of sp³-hybridized carbons (Fsp3) is 0.136. The molecule has 0 spiro atoms. The third kappa shape index (κ3) is 4.10. The van der Waals surface area contributed by atoms with Crippen LogP contribution in [0.1, 0.15) is 12.5 Å². The van der Waals surface area contributed by atoms with Crippen LogP contribution in [-0.4, -0.2) is 23.0 Å². The first-order valence-electron chi connectivity index (χ1n) is 9.11. The molecule has 1 atom stereocenters. The standard InChI is InChI=1S/C22H16Cl2N2O4/c1-12(22(28)26-21-17(24)9-15(23)10-25-21)30-19(27)8-14-11-29-18-7-6-13-4-2-3-5-16(13)20(14)18/h2-7,9-12H,8H2,1H3,(H,25,26,28)/t12-/m0/s1. The number of fused-ring (bicyclic) bond motifs is 3. The fourth-order valence-electron chi connectivity index (χ4n) is 3.18. The van der Waals surface area contributed by atoms with E-state index in [4.69, 9.17) is 32.4 Å². The zero-order valence-corrected chi connectivity index (χ0v) is 17.3. The lowest BCUT2D eigenvalue weighted by atomic mass is 10.0. The summed E-state index contributed by atoms with van der Waals surface area (Å²) in [4.78, 5) is 28.8. The summed E-state index contributed by atoms with van der Waals surface area (Å²) in [6.07, 6.45) is 1.83. The second kappa shape index (κ2) is 8.34. The van der Waals surface area contributed by atoms with E-state index in [1.165, 1.54) is 19.2 Å². The largest absolute Gasteiger partial charge is 0.464 e. The maximum Gasteiger partial charge on any atom is 0.311 e. The summed E-state index contributed by atoms with van der Waals surface area (Å²) in [6, 6.07) is 13.1. The van der Waals surface area contributed by atoms with Crippen molar-refractivity contribution in [3.8, 4) is 0 Å². The van der Waals surface area contributed by atoms with Crippen molar-refractivity contribution in [1.29, 1.82) is 0 Å². The Morgan fingerprint density at radius 1 is 1.20 bits per heavy atom. The Balaban J connectivity index is 1.47. The van der Waals surface area contributed by atoms with Gasteiger partial charge in [-0.1, -0.05) is 53.5 Å². The molecule has 152 valence electrons. The Kier molecular flexibility index (Phi) is 5.61. The number of hydrogen-bond acceptors (Lipinski definition) is 5. The highest BCUT2D eigenvalue weighted by Gasteiger charge is 2.21. The molecular weight excluding hydrogens is 427 g/mol. The maximum atomic E-state index is 12.5. The molecule has 4 aromatic rings. The summed E-state index contributed by atoms with van der Waals surface area (Å²) in [5.74, 6) is -0.965. The van der Waals surface area contributed by atoms with Crippen LogP contribution in [-0.2, 0) is 20.7 Å². The zero-order valence-electron chi connectivity index (χ0n) is 15.8. The summed E-state index contributed by atoms with van der Waals surface area (Å²) in [5.41, 5.74) is 1.38. The van der Waals surface area contributed by atoms with Gasteiger partial charge in [0.1, 0.15) is 5.58 Å². The van der Waals surface area contributed by atoms with Crippen molar-refractivity contribution < 1.29 is 18.7 Å². The first kappa shape index (κ1) is 20.2. The number of carbonyl (C=O) groups is 2. The average Bonchev–Trinajstić information content (AvgIpc) is 3.13. The van der Waals surface area contributed by atoms with E-state index in [9.17, 15) is 9.59 Å². The number of nitrogens with one attached hydrogen (secondary N) is 1. The van der Waals surface area contributed by atoms with Gasteiger partial charge in [-0.05, 0) is 29.8 Å². The molecule has 1 N–H and O–H groups in total. The number of hydrogen-bond donors (Lipinski definition) is 1. The molecule has 0 saturated heterocycles. The van der Waals surface area contributed by atoms with E-state index in [-0.39, 0.29) is 17.3 Å². The van der Waals surface area contributed by atoms with Crippen LogP contribution in [0.4, 0.5) is 5.82 Å². The van der Waals surface area contributed by atoms with Gasteiger partial charge < -0.3 is 14.5 Å². The van der Waals surface area contributed by atoms with Crippen LogP contribution in [0.3, 0.4) is 0 Å². The Hall–Kier alpha value is -3.09. The van der Waals surface area contributed by atoms with Crippen molar-refractivity contribution in [3.05, 3.63) is 70.5 Å². The van der Waals surface area contributed by atoms with Crippen molar-refractivity contribution in [2.45, 2.75) is 19.4 Å². The number of ether oxygens (including phenoxy) is 1. The minimum Gasteiger partial charge on any atom is -0.464 e. The van der Waals surface area contributed by atoms with Crippen LogP contribution < -0.4 is 5.32 Å². The van der Waals surface area contributed by atoms with Crippen LogP contribution in [0.25, 0.3) is 21.7 Å². The SMILES string of the molecule is C[C@H](OC(=O)Cc1coc2ccc3ccccc3c12)C(=O)Nc1ncc(Cl)cc1Cl. The second-order valence-electron chi connectivity index (χ2n) is 6.70. The number of esters is 1. The molecule has 4 rings (SSSR count). The van der Waals surface area contributed by atoms with Gasteiger partial charge in [-0.2, -0.15) is 0 Å². The molecule has 0 radical (unpaired) electrons. The number of carbonyl (C=O) groups excluding carboxylic acids is 2. The fourth-order valence-corrected chi connectivity index (χ4v) is 3.60. The van der Waals surface area contributed by atoms with Crippen molar-refractivity contribution in [2.24, 2.45) is 0 Å². The van der Waals surface area contributed by atoms with E-state index < -0.39 is 18.0 Å². The molecule has 6 nitrogen and oxygen atoms in total. The number of anilines is 1. The van der Waals surface area contributed by atoms with E-state index in [1.807, 2.05) is 36.4 Å². The monoisotopic (exact) mass is 442 g/mol. The van der Waals surface area contributed by atoms with Gasteiger partial charge in [-0.15, -0.1) is 0 Å². The van der Waals surface area contributed by atoms with Gasteiger partial charge in [0.25, 0.3) is 5.91 Å². The van der Waals surface area contributed by atoms with E-state index in [0.29, 0.717) is 16.2 Å². The number of pyridine rings is 1. The van der Waals surface area contributed by atoms with Gasteiger partial charge in [0.15, 0.2) is 11.9 Å². The number of halogens is 2. The van der Waals surface area contributed by atoms with Crippen LogP contribution in [0.2, 0.25) is 10.0 Å². The molecule has 0 saturated carbocycles. The first-order valence-corrected chi connectivity index (χ1v) is 9.87. The number of benzene rings is 2. The molecule has 0 bridgehead atoms. The molecule has 30 heavy (non-hydrogen) atoms. The Morgan fingerprint density at radius 3 is 2.80 bits per heavy atom. The Morgan fingerprint density at radius 2 is 2.00 bits per heavy atom. The number of furan rings is 1. The Labute approximate surface area is 181 Å². The predicted molar refractivity (Wildman–Crippen MR) is 116 cm³/mol. The molecule has 8 heteroatoms. The topological polar surface area (TPSA) is 81.4 Å². The van der Waals surface area contributed by atoms with Crippen molar-refractivity contribution in [1.82, 2.24) is 4.98 Å².